The minimum Gasteiger partial charge on any atom is -0.383 e. The molecular formula is C16H15ClN2. The number of halogens is 1. The van der Waals surface area contributed by atoms with Crippen molar-refractivity contribution in [2.45, 2.75) is 6.54 Å². The molecular weight excluding hydrogens is 256 g/mol. The highest BCUT2D eigenvalue weighted by Gasteiger charge is 1.99. The average molecular weight is 271 g/mol. The fourth-order valence-electron chi connectivity index (χ4n) is 2.25. The van der Waals surface area contributed by atoms with Crippen LogP contribution in [-0.4, -0.2) is 11.1 Å². The number of nitrogens with one attached hydrogen (secondary N) is 1. The SMILES string of the molecule is Clc1cccc(NCCn2ccc3ccccc32)c1. The first-order valence-corrected chi connectivity index (χ1v) is 6.74. The van der Waals surface area contributed by atoms with Crippen LogP contribution in [0.3, 0.4) is 0 Å². The first kappa shape index (κ1) is 12.1. The molecule has 0 unspecified atom stereocenters. The third-order valence-corrected chi connectivity index (χ3v) is 3.42. The molecule has 0 aliphatic heterocycles. The second-order valence-electron chi connectivity index (χ2n) is 4.51. The summed E-state index contributed by atoms with van der Waals surface area (Å²) in [6.45, 7) is 1.80. The van der Waals surface area contributed by atoms with Crippen LogP contribution in [-0.2, 0) is 6.54 Å². The van der Waals surface area contributed by atoms with Gasteiger partial charge in [0.1, 0.15) is 0 Å². The maximum atomic E-state index is 5.96. The van der Waals surface area contributed by atoms with Crippen LogP contribution in [0.25, 0.3) is 10.9 Å². The first-order valence-electron chi connectivity index (χ1n) is 6.36. The molecule has 0 aliphatic carbocycles. The van der Waals surface area contributed by atoms with Crippen molar-refractivity contribution in [3.8, 4) is 0 Å². The predicted molar refractivity (Wildman–Crippen MR) is 81.9 cm³/mol. The maximum absolute atomic E-state index is 5.96. The molecule has 0 radical (unpaired) electrons. The Balaban J connectivity index is 1.66. The minimum absolute atomic E-state index is 0.761. The Hall–Kier alpha value is -1.93. The second kappa shape index (κ2) is 5.37. The summed E-state index contributed by atoms with van der Waals surface area (Å²) in [7, 11) is 0. The van der Waals surface area contributed by atoms with E-state index in [4.69, 9.17) is 11.6 Å². The Morgan fingerprint density at radius 1 is 1.00 bits per heavy atom. The molecule has 0 aliphatic rings. The Kier molecular flexibility index (Phi) is 3.43. The number of benzene rings is 2. The number of hydrogen-bond donors (Lipinski definition) is 1. The fraction of sp³-hybridized carbons (Fsp3) is 0.125. The molecule has 3 heteroatoms. The molecule has 3 rings (SSSR count). The molecule has 0 bridgehead atoms. The van der Waals surface area contributed by atoms with Gasteiger partial charge in [0.2, 0.25) is 0 Å². The maximum Gasteiger partial charge on any atom is 0.0480 e. The molecule has 0 spiro atoms. The van der Waals surface area contributed by atoms with Gasteiger partial charge in [0.15, 0.2) is 0 Å². The van der Waals surface area contributed by atoms with E-state index >= 15 is 0 Å². The van der Waals surface area contributed by atoms with E-state index in [9.17, 15) is 0 Å². The van der Waals surface area contributed by atoms with Crippen molar-refractivity contribution in [3.05, 3.63) is 65.8 Å². The van der Waals surface area contributed by atoms with Crippen molar-refractivity contribution in [2.24, 2.45) is 0 Å². The Bertz CT molecular complexity index is 688. The second-order valence-corrected chi connectivity index (χ2v) is 4.94. The van der Waals surface area contributed by atoms with E-state index in [1.165, 1.54) is 10.9 Å². The normalized spacial score (nSPS) is 10.8. The third kappa shape index (κ3) is 2.74. The average Bonchev–Trinajstić information content (AvgIpc) is 2.83. The van der Waals surface area contributed by atoms with Gasteiger partial charge in [-0.2, -0.15) is 0 Å². The molecule has 0 saturated carbocycles. The van der Waals surface area contributed by atoms with Gasteiger partial charge in [-0.15, -0.1) is 0 Å². The van der Waals surface area contributed by atoms with E-state index in [1.807, 2.05) is 24.3 Å². The van der Waals surface area contributed by atoms with Crippen LogP contribution in [0.15, 0.2) is 60.8 Å². The van der Waals surface area contributed by atoms with Crippen LogP contribution in [0.5, 0.6) is 0 Å². The molecule has 96 valence electrons. The van der Waals surface area contributed by atoms with E-state index in [1.54, 1.807) is 0 Å². The standard InChI is InChI=1S/C16H15ClN2/c17-14-5-3-6-15(12-14)18-9-11-19-10-8-13-4-1-2-7-16(13)19/h1-8,10,12,18H,9,11H2. The summed E-state index contributed by atoms with van der Waals surface area (Å²) in [6.07, 6.45) is 2.13. The first-order chi connectivity index (χ1) is 9.33. The summed E-state index contributed by atoms with van der Waals surface area (Å²) in [6, 6.07) is 18.4. The van der Waals surface area contributed by atoms with Gasteiger partial charge in [0.05, 0.1) is 0 Å². The van der Waals surface area contributed by atoms with E-state index in [0.29, 0.717) is 0 Å². The van der Waals surface area contributed by atoms with Crippen LogP contribution in [0.2, 0.25) is 5.02 Å². The molecule has 3 aromatic rings. The number of nitrogens with zero attached hydrogens (tertiary/aromatic N) is 1. The molecule has 2 nitrogen and oxygen atoms in total. The summed E-state index contributed by atoms with van der Waals surface area (Å²) in [5.41, 5.74) is 2.33. The smallest absolute Gasteiger partial charge is 0.0480 e. The monoisotopic (exact) mass is 270 g/mol. The van der Waals surface area contributed by atoms with E-state index < -0.39 is 0 Å². The predicted octanol–water partition coefficient (Wildman–Crippen LogP) is 4.41. The van der Waals surface area contributed by atoms with Gasteiger partial charge in [0.25, 0.3) is 0 Å². The van der Waals surface area contributed by atoms with Gasteiger partial charge in [-0.1, -0.05) is 35.9 Å². The largest absolute Gasteiger partial charge is 0.383 e. The van der Waals surface area contributed by atoms with Gasteiger partial charge in [-0.3, -0.25) is 0 Å². The van der Waals surface area contributed by atoms with Crippen molar-refractivity contribution < 1.29 is 0 Å². The van der Waals surface area contributed by atoms with Crippen LogP contribution in [0, 0.1) is 0 Å². The van der Waals surface area contributed by atoms with Gasteiger partial charge in [-0.05, 0) is 35.7 Å². The van der Waals surface area contributed by atoms with E-state index in [2.05, 4.69) is 46.4 Å². The molecule has 1 N–H and O–H groups in total. The summed E-state index contributed by atoms with van der Waals surface area (Å²) in [4.78, 5) is 0. The Morgan fingerprint density at radius 3 is 2.79 bits per heavy atom. The van der Waals surface area contributed by atoms with E-state index in [0.717, 1.165) is 23.8 Å². The molecule has 0 fully saturated rings. The molecule has 2 aromatic carbocycles. The quantitative estimate of drug-likeness (QED) is 0.743. The van der Waals surface area contributed by atoms with Crippen molar-refractivity contribution in [1.29, 1.82) is 0 Å². The number of rotatable bonds is 4. The number of fused-ring (bicyclic) bond motifs is 1. The lowest BCUT2D eigenvalue weighted by Gasteiger charge is -2.08. The van der Waals surface area contributed by atoms with Gasteiger partial charge >= 0.3 is 0 Å². The Labute approximate surface area is 117 Å². The lowest BCUT2D eigenvalue weighted by atomic mass is 10.2. The van der Waals surface area contributed by atoms with Crippen LogP contribution in [0.4, 0.5) is 5.69 Å². The van der Waals surface area contributed by atoms with Gasteiger partial charge < -0.3 is 9.88 Å². The van der Waals surface area contributed by atoms with Crippen molar-refractivity contribution >= 4 is 28.2 Å². The zero-order valence-corrected chi connectivity index (χ0v) is 11.3. The van der Waals surface area contributed by atoms with Crippen LogP contribution in [0.1, 0.15) is 0 Å². The topological polar surface area (TPSA) is 17.0 Å². The Morgan fingerprint density at radius 2 is 1.89 bits per heavy atom. The number of anilines is 1. The molecule has 1 heterocycles. The highest BCUT2D eigenvalue weighted by Crippen LogP contribution is 2.16. The van der Waals surface area contributed by atoms with Crippen molar-refractivity contribution in [3.63, 3.8) is 0 Å². The number of aromatic nitrogens is 1. The van der Waals surface area contributed by atoms with Crippen molar-refractivity contribution in [2.75, 3.05) is 11.9 Å². The molecule has 0 saturated heterocycles. The molecule has 0 atom stereocenters. The highest BCUT2D eigenvalue weighted by molar-refractivity contribution is 6.30. The summed E-state index contributed by atoms with van der Waals surface area (Å²) < 4.78 is 2.26. The number of para-hydroxylation sites is 1. The lowest BCUT2D eigenvalue weighted by molar-refractivity contribution is 0.757. The van der Waals surface area contributed by atoms with Crippen molar-refractivity contribution in [1.82, 2.24) is 4.57 Å². The molecule has 19 heavy (non-hydrogen) atoms. The zero-order chi connectivity index (χ0) is 13.1. The summed E-state index contributed by atoms with van der Waals surface area (Å²) in [5, 5.41) is 5.43. The van der Waals surface area contributed by atoms with Gasteiger partial charge in [0, 0.05) is 35.5 Å². The van der Waals surface area contributed by atoms with Gasteiger partial charge in [-0.25, -0.2) is 0 Å². The number of hydrogen-bond acceptors (Lipinski definition) is 1. The third-order valence-electron chi connectivity index (χ3n) is 3.19. The molecule has 0 amide bonds. The molecule has 1 aromatic heterocycles. The lowest BCUT2D eigenvalue weighted by Crippen LogP contribution is -2.09. The van der Waals surface area contributed by atoms with E-state index in [-0.39, 0.29) is 0 Å². The summed E-state index contributed by atoms with van der Waals surface area (Å²) >= 11 is 5.96. The van der Waals surface area contributed by atoms with Crippen LogP contribution >= 0.6 is 11.6 Å². The minimum atomic E-state index is 0.761. The fourth-order valence-corrected chi connectivity index (χ4v) is 2.45. The highest BCUT2D eigenvalue weighted by atomic mass is 35.5. The van der Waals surface area contributed by atoms with Crippen LogP contribution < -0.4 is 5.32 Å². The summed E-state index contributed by atoms with van der Waals surface area (Å²) in [5.74, 6) is 0. The zero-order valence-electron chi connectivity index (χ0n) is 10.5.